The van der Waals surface area contributed by atoms with E-state index in [2.05, 4.69) is 0 Å². The van der Waals surface area contributed by atoms with Crippen LogP contribution in [0.2, 0.25) is 0 Å². The highest BCUT2D eigenvalue weighted by molar-refractivity contribution is 5.70. The van der Waals surface area contributed by atoms with Gasteiger partial charge in [-0.05, 0) is 12.3 Å². The van der Waals surface area contributed by atoms with Gasteiger partial charge in [-0.2, -0.15) is 0 Å². The molecule has 0 aromatic carbocycles. The molecule has 1 fully saturated rings. The third kappa shape index (κ3) is 1.93. The van der Waals surface area contributed by atoms with Crippen molar-refractivity contribution in [1.29, 1.82) is 0 Å². The van der Waals surface area contributed by atoms with Gasteiger partial charge < -0.3 is 5.11 Å². The van der Waals surface area contributed by atoms with E-state index in [1.54, 1.807) is 6.92 Å². The molecule has 1 aliphatic carbocycles. The molecule has 0 heterocycles. The first-order valence-corrected chi connectivity index (χ1v) is 4.03. The second-order valence-corrected chi connectivity index (χ2v) is 3.52. The molecule has 1 N–H and O–H groups in total. The zero-order valence-corrected chi connectivity index (χ0v) is 6.89. The lowest BCUT2D eigenvalue weighted by molar-refractivity contribution is -0.149. The fraction of sp³-hybridized carbons (Fsp3) is 0.875. The predicted molar refractivity (Wildman–Crippen MR) is 39.1 cm³/mol. The zero-order valence-electron chi connectivity index (χ0n) is 6.89. The minimum atomic E-state index is -2.65. The van der Waals surface area contributed by atoms with Gasteiger partial charge in [-0.25, -0.2) is 8.78 Å². The van der Waals surface area contributed by atoms with Crippen molar-refractivity contribution >= 4 is 5.97 Å². The van der Waals surface area contributed by atoms with Gasteiger partial charge in [0.05, 0.1) is 5.92 Å². The predicted octanol–water partition coefficient (Wildman–Crippen LogP) is 2.14. The van der Waals surface area contributed by atoms with E-state index in [1.165, 1.54) is 0 Å². The molecule has 0 bridgehead atoms. The number of carboxylic acids is 1. The average molecular weight is 178 g/mol. The van der Waals surface area contributed by atoms with E-state index in [-0.39, 0.29) is 19.3 Å². The van der Waals surface area contributed by atoms with Gasteiger partial charge in [0.25, 0.3) is 0 Å². The topological polar surface area (TPSA) is 37.3 Å². The molecule has 0 unspecified atom stereocenters. The van der Waals surface area contributed by atoms with E-state index in [1.807, 2.05) is 0 Å². The molecule has 0 aromatic heterocycles. The van der Waals surface area contributed by atoms with Crippen molar-refractivity contribution in [3.63, 3.8) is 0 Å². The van der Waals surface area contributed by atoms with Crippen LogP contribution in [0.25, 0.3) is 0 Å². The molecule has 1 aliphatic rings. The van der Waals surface area contributed by atoms with Crippen molar-refractivity contribution in [2.45, 2.75) is 32.1 Å². The SMILES string of the molecule is C[C@H]1CC(F)(F)CC[C@H]1C(=O)O. The van der Waals surface area contributed by atoms with Crippen molar-refractivity contribution < 1.29 is 18.7 Å². The maximum atomic E-state index is 12.7. The van der Waals surface area contributed by atoms with Crippen molar-refractivity contribution in [1.82, 2.24) is 0 Å². The van der Waals surface area contributed by atoms with Crippen LogP contribution in [0.3, 0.4) is 0 Å². The Morgan fingerprint density at radius 2 is 2.17 bits per heavy atom. The Kier molecular flexibility index (Phi) is 2.35. The number of aliphatic carboxylic acids is 1. The fourth-order valence-electron chi connectivity index (χ4n) is 1.73. The Hall–Kier alpha value is -0.670. The monoisotopic (exact) mass is 178 g/mol. The maximum absolute atomic E-state index is 12.7. The molecule has 1 saturated carbocycles. The van der Waals surface area contributed by atoms with Crippen molar-refractivity contribution in [3.8, 4) is 0 Å². The van der Waals surface area contributed by atoms with Gasteiger partial charge in [-0.3, -0.25) is 4.79 Å². The molecule has 2 atom stereocenters. The van der Waals surface area contributed by atoms with E-state index in [0.29, 0.717) is 0 Å². The Morgan fingerprint density at radius 1 is 1.58 bits per heavy atom. The normalized spacial score (nSPS) is 34.6. The third-order valence-electron chi connectivity index (χ3n) is 2.45. The van der Waals surface area contributed by atoms with Gasteiger partial charge >= 0.3 is 5.97 Å². The van der Waals surface area contributed by atoms with Gasteiger partial charge in [-0.1, -0.05) is 6.92 Å². The number of hydrogen-bond acceptors (Lipinski definition) is 1. The molecule has 12 heavy (non-hydrogen) atoms. The molecule has 1 rings (SSSR count). The molecule has 0 radical (unpaired) electrons. The van der Waals surface area contributed by atoms with Crippen LogP contribution < -0.4 is 0 Å². The van der Waals surface area contributed by atoms with Crippen LogP contribution in [0.1, 0.15) is 26.2 Å². The first-order valence-electron chi connectivity index (χ1n) is 4.03. The Balaban J connectivity index is 2.60. The highest BCUT2D eigenvalue weighted by Crippen LogP contribution is 2.39. The van der Waals surface area contributed by atoms with Gasteiger partial charge in [0.15, 0.2) is 0 Å². The molecule has 0 amide bonds. The summed E-state index contributed by atoms with van der Waals surface area (Å²) in [5, 5.41) is 8.63. The summed E-state index contributed by atoms with van der Waals surface area (Å²) in [5.41, 5.74) is 0. The summed E-state index contributed by atoms with van der Waals surface area (Å²) in [4.78, 5) is 10.5. The summed E-state index contributed by atoms with van der Waals surface area (Å²) in [6.07, 6.45) is -0.470. The number of carbonyl (C=O) groups is 1. The molecule has 70 valence electrons. The second-order valence-electron chi connectivity index (χ2n) is 3.52. The van der Waals surface area contributed by atoms with Gasteiger partial charge in [-0.15, -0.1) is 0 Å². The number of hydrogen-bond donors (Lipinski definition) is 1. The first-order chi connectivity index (χ1) is 5.42. The minimum absolute atomic E-state index is 0.101. The van der Waals surface area contributed by atoms with E-state index in [9.17, 15) is 13.6 Å². The van der Waals surface area contributed by atoms with Crippen LogP contribution in [0.4, 0.5) is 8.78 Å². The summed E-state index contributed by atoms with van der Waals surface area (Å²) in [6.45, 7) is 1.58. The average Bonchev–Trinajstić information content (AvgIpc) is 1.83. The molecule has 4 heteroatoms. The van der Waals surface area contributed by atoms with Crippen LogP contribution in [0.15, 0.2) is 0 Å². The number of rotatable bonds is 1. The van der Waals surface area contributed by atoms with E-state index in [4.69, 9.17) is 5.11 Å². The Labute approximate surface area is 69.6 Å². The lowest BCUT2D eigenvalue weighted by atomic mass is 9.78. The van der Waals surface area contributed by atoms with Crippen LogP contribution >= 0.6 is 0 Å². The highest BCUT2D eigenvalue weighted by atomic mass is 19.3. The molecule has 0 aliphatic heterocycles. The number of halogens is 2. The molecular weight excluding hydrogens is 166 g/mol. The van der Waals surface area contributed by atoms with E-state index < -0.39 is 23.7 Å². The molecule has 2 nitrogen and oxygen atoms in total. The second kappa shape index (κ2) is 2.99. The van der Waals surface area contributed by atoms with Gasteiger partial charge in [0, 0.05) is 12.8 Å². The van der Waals surface area contributed by atoms with Crippen LogP contribution in [0.5, 0.6) is 0 Å². The standard InChI is InChI=1S/C8H12F2O2/c1-5-4-8(9,10)3-2-6(5)7(11)12/h5-6H,2-4H2,1H3,(H,11,12)/t5-,6+/m0/s1. The van der Waals surface area contributed by atoms with Crippen molar-refractivity contribution in [3.05, 3.63) is 0 Å². The molecule has 0 spiro atoms. The first kappa shape index (κ1) is 9.42. The summed E-state index contributed by atoms with van der Waals surface area (Å²) in [7, 11) is 0. The van der Waals surface area contributed by atoms with Crippen LogP contribution in [-0.2, 0) is 4.79 Å². The largest absolute Gasteiger partial charge is 0.481 e. The summed E-state index contributed by atoms with van der Waals surface area (Å²) in [6, 6.07) is 0. The zero-order chi connectivity index (χ0) is 9.35. The maximum Gasteiger partial charge on any atom is 0.306 e. The van der Waals surface area contributed by atoms with Gasteiger partial charge in [0.1, 0.15) is 0 Å². The summed E-state index contributed by atoms with van der Waals surface area (Å²) < 4.78 is 25.4. The Bertz CT molecular complexity index is 191. The smallest absolute Gasteiger partial charge is 0.306 e. The quantitative estimate of drug-likeness (QED) is 0.667. The minimum Gasteiger partial charge on any atom is -0.481 e. The van der Waals surface area contributed by atoms with E-state index in [0.717, 1.165) is 0 Å². The lowest BCUT2D eigenvalue weighted by Gasteiger charge is -2.31. The summed E-state index contributed by atoms with van der Waals surface area (Å²) in [5.74, 6) is -4.58. The number of alkyl halides is 2. The highest BCUT2D eigenvalue weighted by Gasteiger charge is 2.41. The van der Waals surface area contributed by atoms with E-state index >= 15 is 0 Å². The van der Waals surface area contributed by atoms with Crippen molar-refractivity contribution in [2.75, 3.05) is 0 Å². The van der Waals surface area contributed by atoms with Crippen molar-refractivity contribution in [2.24, 2.45) is 11.8 Å². The molecule has 0 aromatic rings. The lowest BCUT2D eigenvalue weighted by Crippen LogP contribution is -2.34. The molecule has 0 saturated heterocycles. The third-order valence-corrected chi connectivity index (χ3v) is 2.45. The molecular formula is C8H12F2O2. The fourth-order valence-corrected chi connectivity index (χ4v) is 1.73. The van der Waals surface area contributed by atoms with Crippen LogP contribution in [0, 0.1) is 11.8 Å². The Morgan fingerprint density at radius 3 is 2.58 bits per heavy atom. The van der Waals surface area contributed by atoms with Gasteiger partial charge in [0.2, 0.25) is 5.92 Å². The summed E-state index contributed by atoms with van der Waals surface area (Å²) >= 11 is 0. The van der Waals surface area contributed by atoms with Crippen LogP contribution in [-0.4, -0.2) is 17.0 Å². The number of carboxylic acid groups (broad SMARTS) is 1.